The van der Waals surface area contributed by atoms with Crippen LogP contribution in [0.4, 0.5) is 4.79 Å². The number of amides is 2. The molecule has 2 aliphatic heterocycles. The molecule has 0 spiro atoms. The summed E-state index contributed by atoms with van der Waals surface area (Å²) in [5.74, 6) is 5.94. The molecule has 172 valence electrons. The van der Waals surface area contributed by atoms with Crippen molar-refractivity contribution in [3.05, 3.63) is 64.5 Å². The first-order chi connectivity index (χ1) is 16.4. The molecule has 2 saturated heterocycles. The Morgan fingerprint density at radius 1 is 1.09 bits per heavy atom. The lowest BCUT2D eigenvalue weighted by Gasteiger charge is -2.26. The van der Waals surface area contributed by atoms with Crippen molar-refractivity contribution in [3.63, 3.8) is 0 Å². The van der Waals surface area contributed by atoms with Gasteiger partial charge in [-0.05, 0) is 42.1 Å². The van der Waals surface area contributed by atoms with E-state index in [1.165, 1.54) is 22.5 Å². The van der Waals surface area contributed by atoms with E-state index in [0.717, 1.165) is 11.8 Å². The lowest BCUT2D eigenvalue weighted by Crippen LogP contribution is -2.40. The van der Waals surface area contributed by atoms with Gasteiger partial charge in [0.1, 0.15) is 5.76 Å². The lowest BCUT2D eigenvalue weighted by molar-refractivity contribution is -0.115. The Morgan fingerprint density at radius 3 is 2.56 bits per heavy atom. The molecular formula is C23H17N3O6S2. The Hall–Kier alpha value is -3.43. The molecule has 0 radical (unpaired) electrons. The van der Waals surface area contributed by atoms with Crippen LogP contribution in [0.15, 0.2) is 56.9 Å². The van der Waals surface area contributed by atoms with E-state index in [-0.39, 0.29) is 9.80 Å². The van der Waals surface area contributed by atoms with Gasteiger partial charge in [-0.2, -0.15) is 4.31 Å². The third kappa shape index (κ3) is 4.49. The van der Waals surface area contributed by atoms with Gasteiger partial charge in [-0.25, -0.2) is 8.42 Å². The monoisotopic (exact) mass is 495 g/mol. The molecular weight excluding hydrogens is 478 g/mol. The summed E-state index contributed by atoms with van der Waals surface area (Å²) in [5.41, 5.74) is 1.66. The van der Waals surface area contributed by atoms with Crippen LogP contribution in [0.5, 0.6) is 0 Å². The number of carbonyl (C=O) groups excluding carboxylic acids is 2. The molecule has 34 heavy (non-hydrogen) atoms. The second-order valence-corrected chi connectivity index (χ2v) is 10.3. The normalized spacial score (nSPS) is 18.2. The number of morpholine rings is 1. The quantitative estimate of drug-likeness (QED) is 0.435. The van der Waals surface area contributed by atoms with E-state index >= 15 is 0 Å². The first-order valence-electron chi connectivity index (χ1n) is 10.2. The maximum Gasteiger partial charge on any atom is 0.290 e. The molecule has 2 aliphatic rings. The van der Waals surface area contributed by atoms with E-state index in [4.69, 9.17) is 9.15 Å². The zero-order chi connectivity index (χ0) is 23.7. The fourth-order valence-corrected chi connectivity index (χ4v) is 5.55. The highest BCUT2D eigenvalue weighted by atomic mass is 32.2. The van der Waals surface area contributed by atoms with E-state index in [0.29, 0.717) is 54.2 Å². The Labute approximate surface area is 199 Å². The maximum atomic E-state index is 12.8. The summed E-state index contributed by atoms with van der Waals surface area (Å²) in [7, 11) is -3.57. The standard InChI is InChI=1S/C23H17N3O6S2/c27-22-20(33-23(28)25-22)12-18-11-17-14-24-13-16(21(17)32-18)4-1-15-2-5-19(6-3-15)34(29,30)26-7-9-31-10-8-26/h2-3,5-6,11-14H,7-10H2,(H,25,27,28)/b20-12+. The van der Waals surface area contributed by atoms with E-state index in [9.17, 15) is 18.0 Å². The second kappa shape index (κ2) is 9.08. The summed E-state index contributed by atoms with van der Waals surface area (Å²) in [6, 6.07) is 8.09. The number of fused-ring (bicyclic) bond motifs is 1. The molecule has 1 aromatic carbocycles. The number of hydrogen-bond donors (Lipinski definition) is 1. The van der Waals surface area contributed by atoms with Gasteiger partial charge >= 0.3 is 0 Å². The summed E-state index contributed by atoms with van der Waals surface area (Å²) in [5, 5.41) is 2.47. The number of carbonyl (C=O) groups is 2. The van der Waals surface area contributed by atoms with Gasteiger partial charge in [0.2, 0.25) is 10.0 Å². The average molecular weight is 496 g/mol. The summed E-state index contributed by atoms with van der Waals surface area (Å²) < 4.78 is 38.0. The van der Waals surface area contributed by atoms with E-state index < -0.39 is 21.2 Å². The molecule has 2 fully saturated rings. The first kappa shape index (κ1) is 22.4. The molecule has 0 aliphatic carbocycles. The fraction of sp³-hybridized carbons (Fsp3) is 0.174. The smallest absolute Gasteiger partial charge is 0.290 e. The van der Waals surface area contributed by atoms with Gasteiger partial charge in [-0.15, -0.1) is 0 Å². The predicted molar refractivity (Wildman–Crippen MR) is 125 cm³/mol. The molecule has 2 aromatic heterocycles. The van der Waals surface area contributed by atoms with Crippen LogP contribution in [-0.2, 0) is 19.6 Å². The minimum atomic E-state index is -3.57. The number of sulfonamides is 1. The van der Waals surface area contributed by atoms with Crippen molar-refractivity contribution in [2.45, 2.75) is 4.90 Å². The van der Waals surface area contributed by atoms with Crippen molar-refractivity contribution in [1.29, 1.82) is 0 Å². The van der Waals surface area contributed by atoms with Gasteiger partial charge in [0.05, 0.1) is 28.6 Å². The minimum Gasteiger partial charge on any atom is -0.455 e. The zero-order valence-electron chi connectivity index (χ0n) is 17.6. The summed E-state index contributed by atoms with van der Waals surface area (Å²) in [4.78, 5) is 27.7. The summed E-state index contributed by atoms with van der Waals surface area (Å²) in [6.07, 6.45) is 4.67. The van der Waals surface area contributed by atoms with Crippen LogP contribution in [0.2, 0.25) is 0 Å². The number of aromatic nitrogens is 1. The van der Waals surface area contributed by atoms with Crippen LogP contribution in [0.3, 0.4) is 0 Å². The van der Waals surface area contributed by atoms with Crippen LogP contribution in [0.25, 0.3) is 17.0 Å². The van der Waals surface area contributed by atoms with Gasteiger partial charge in [0, 0.05) is 42.5 Å². The largest absolute Gasteiger partial charge is 0.455 e. The molecule has 0 saturated carbocycles. The lowest BCUT2D eigenvalue weighted by atomic mass is 10.2. The zero-order valence-corrected chi connectivity index (χ0v) is 19.2. The van der Waals surface area contributed by atoms with Crippen molar-refractivity contribution in [3.8, 4) is 11.8 Å². The number of pyridine rings is 1. The van der Waals surface area contributed by atoms with Gasteiger partial charge in [-0.1, -0.05) is 11.8 Å². The highest BCUT2D eigenvalue weighted by Gasteiger charge is 2.26. The number of imide groups is 1. The number of hydrogen-bond acceptors (Lipinski definition) is 8. The van der Waals surface area contributed by atoms with Crippen LogP contribution in [0.1, 0.15) is 16.9 Å². The predicted octanol–water partition coefficient (Wildman–Crippen LogP) is 2.57. The van der Waals surface area contributed by atoms with Crippen molar-refractivity contribution in [2.24, 2.45) is 0 Å². The third-order valence-electron chi connectivity index (χ3n) is 5.16. The van der Waals surface area contributed by atoms with E-state index in [1.54, 1.807) is 30.6 Å². The van der Waals surface area contributed by atoms with Crippen molar-refractivity contribution in [1.82, 2.24) is 14.6 Å². The molecule has 0 atom stereocenters. The Morgan fingerprint density at radius 2 is 1.85 bits per heavy atom. The van der Waals surface area contributed by atoms with Crippen molar-refractivity contribution in [2.75, 3.05) is 26.3 Å². The highest BCUT2D eigenvalue weighted by Crippen LogP contribution is 2.29. The summed E-state index contributed by atoms with van der Waals surface area (Å²) in [6.45, 7) is 1.45. The molecule has 9 nitrogen and oxygen atoms in total. The number of thioether (sulfide) groups is 1. The molecule has 5 rings (SSSR count). The van der Waals surface area contributed by atoms with Gasteiger partial charge < -0.3 is 9.15 Å². The molecule has 4 heterocycles. The molecule has 3 aromatic rings. The topological polar surface area (TPSA) is 119 Å². The molecule has 11 heteroatoms. The Balaban J connectivity index is 1.39. The highest BCUT2D eigenvalue weighted by molar-refractivity contribution is 8.18. The average Bonchev–Trinajstić information content (AvgIpc) is 3.40. The first-order valence-corrected chi connectivity index (χ1v) is 12.5. The molecule has 2 amide bonds. The number of ether oxygens (including phenoxy) is 1. The maximum absolute atomic E-state index is 12.8. The second-order valence-electron chi connectivity index (χ2n) is 7.40. The number of furan rings is 1. The van der Waals surface area contributed by atoms with Crippen LogP contribution in [0, 0.1) is 11.8 Å². The van der Waals surface area contributed by atoms with E-state index in [2.05, 4.69) is 22.1 Å². The minimum absolute atomic E-state index is 0.208. The van der Waals surface area contributed by atoms with Gasteiger partial charge in [-0.3, -0.25) is 19.9 Å². The third-order valence-corrected chi connectivity index (χ3v) is 7.88. The number of nitrogens with zero attached hydrogens (tertiary/aromatic N) is 2. The molecule has 1 N–H and O–H groups in total. The number of benzene rings is 1. The Bertz CT molecular complexity index is 1490. The van der Waals surface area contributed by atoms with Gasteiger partial charge in [0.15, 0.2) is 5.58 Å². The van der Waals surface area contributed by atoms with Crippen molar-refractivity contribution >= 4 is 50.0 Å². The van der Waals surface area contributed by atoms with Crippen LogP contribution in [-0.4, -0.2) is 55.2 Å². The summed E-state index contributed by atoms with van der Waals surface area (Å²) >= 11 is 0.808. The Kier molecular flexibility index (Phi) is 5.97. The fourth-order valence-electron chi connectivity index (χ4n) is 3.48. The molecule has 0 bridgehead atoms. The van der Waals surface area contributed by atoms with Crippen molar-refractivity contribution < 1.29 is 27.2 Å². The number of nitrogens with one attached hydrogen (secondary N) is 1. The van der Waals surface area contributed by atoms with E-state index in [1.807, 2.05) is 0 Å². The van der Waals surface area contributed by atoms with Gasteiger partial charge in [0.25, 0.3) is 11.1 Å². The SMILES string of the molecule is O=C1NC(=O)/C(=C\c2cc3cncc(C#Cc4ccc(S(=O)(=O)N5CCOCC5)cc4)c3o2)S1. The van der Waals surface area contributed by atoms with Crippen LogP contribution >= 0.6 is 11.8 Å². The number of rotatable bonds is 3. The van der Waals surface area contributed by atoms with Crippen LogP contribution < -0.4 is 5.32 Å². The molecule has 0 unspecified atom stereocenters.